The molecule has 3 nitrogen and oxygen atoms in total. The Balaban J connectivity index is 1.43. The average Bonchev–Trinajstić information content (AvgIpc) is 2.44. The van der Waals surface area contributed by atoms with Gasteiger partial charge in [-0.25, -0.2) is 0 Å². The highest BCUT2D eigenvalue weighted by Crippen LogP contribution is 2.65. The molecule has 4 fully saturated rings. The summed E-state index contributed by atoms with van der Waals surface area (Å²) in [5, 5.41) is 0. The van der Waals surface area contributed by atoms with Crippen LogP contribution in [0, 0.1) is 17.3 Å². The summed E-state index contributed by atoms with van der Waals surface area (Å²) < 4.78 is 5.82. The number of hydrogen-bond donors (Lipinski definition) is 0. The van der Waals surface area contributed by atoms with Crippen molar-refractivity contribution in [2.75, 3.05) is 0 Å². The molecule has 4 bridgehead atoms. The Kier molecular flexibility index (Phi) is 3.87. The highest BCUT2D eigenvalue weighted by Gasteiger charge is 2.57. The molecule has 24 heavy (non-hydrogen) atoms. The predicted molar refractivity (Wildman–Crippen MR) is 95.5 cm³/mol. The van der Waals surface area contributed by atoms with Gasteiger partial charge in [-0.1, -0.05) is 15.9 Å². The molecule has 4 aliphatic carbocycles. The summed E-state index contributed by atoms with van der Waals surface area (Å²) in [6.45, 7) is 1.53. The van der Waals surface area contributed by atoms with Crippen LogP contribution in [0.4, 0.5) is 0 Å². The Bertz CT molecular complexity index is 665. The maximum atomic E-state index is 12.5. The quantitative estimate of drug-likeness (QED) is 0.317. The number of carbonyl (C=O) groups is 2. The van der Waals surface area contributed by atoms with E-state index in [0.29, 0.717) is 17.7 Å². The topological polar surface area (TPSA) is 43.4 Å². The molecule has 0 heterocycles. The van der Waals surface area contributed by atoms with Gasteiger partial charge in [0.1, 0.15) is 5.75 Å². The number of halogens is 1. The molecule has 0 aliphatic heterocycles. The van der Waals surface area contributed by atoms with E-state index in [1.807, 2.05) is 0 Å². The second kappa shape index (κ2) is 5.69. The summed E-state index contributed by atoms with van der Waals surface area (Å²) in [4.78, 5) is 23.8. The Morgan fingerprint density at radius 3 is 2.29 bits per heavy atom. The van der Waals surface area contributed by atoms with E-state index in [-0.39, 0.29) is 21.5 Å². The summed E-state index contributed by atoms with van der Waals surface area (Å²) >= 11 is 3.99. The largest absolute Gasteiger partial charge is 0.427 e. The van der Waals surface area contributed by atoms with Crippen molar-refractivity contribution in [2.24, 2.45) is 17.3 Å². The Hall–Kier alpha value is -1.16. The second-order valence-corrected chi connectivity index (χ2v) is 10.0. The van der Waals surface area contributed by atoms with Crippen LogP contribution in [0.2, 0.25) is 0 Å². The molecule has 128 valence electrons. The first-order chi connectivity index (χ1) is 11.3. The number of rotatable bonds is 4. The van der Waals surface area contributed by atoms with Crippen molar-refractivity contribution < 1.29 is 14.3 Å². The summed E-state index contributed by atoms with van der Waals surface area (Å²) in [5.74, 6) is 1.96. The van der Waals surface area contributed by atoms with Crippen LogP contribution >= 0.6 is 15.9 Å². The molecule has 4 aliphatic rings. The normalized spacial score (nSPS) is 36.6. The minimum atomic E-state index is -0.136. The Morgan fingerprint density at radius 1 is 1.12 bits per heavy atom. The highest BCUT2D eigenvalue weighted by atomic mass is 79.9. The summed E-state index contributed by atoms with van der Waals surface area (Å²) in [5.41, 5.74) is 0.765. The van der Waals surface area contributed by atoms with Crippen molar-refractivity contribution in [2.45, 2.75) is 56.2 Å². The lowest BCUT2D eigenvalue weighted by molar-refractivity contribution is -0.141. The van der Waals surface area contributed by atoms with Crippen molar-refractivity contribution >= 4 is 27.7 Å². The van der Waals surface area contributed by atoms with Gasteiger partial charge in [0.2, 0.25) is 0 Å². The fourth-order valence-corrected chi connectivity index (χ4v) is 7.28. The van der Waals surface area contributed by atoms with Gasteiger partial charge in [-0.2, -0.15) is 0 Å². The number of benzene rings is 1. The molecule has 0 saturated heterocycles. The van der Waals surface area contributed by atoms with E-state index >= 15 is 0 Å². The monoisotopic (exact) mass is 390 g/mol. The number of hydrogen-bond acceptors (Lipinski definition) is 3. The van der Waals surface area contributed by atoms with Crippen LogP contribution in [0.25, 0.3) is 0 Å². The van der Waals surface area contributed by atoms with Crippen LogP contribution in [0.15, 0.2) is 24.3 Å². The van der Waals surface area contributed by atoms with E-state index in [2.05, 4.69) is 15.9 Å². The molecule has 0 N–H and O–H groups in total. The number of ether oxygens (including phenoxy) is 1. The van der Waals surface area contributed by atoms with Gasteiger partial charge in [0.15, 0.2) is 5.78 Å². The van der Waals surface area contributed by atoms with Gasteiger partial charge in [0, 0.05) is 9.89 Å². The molecule has 4 saturated carbocycles. The number of esters is 1. The molecule has 5 rings (SSSR count). The van der Waals surface area contributed by atoms with Gasteiger partial charge in [-0.05, 0) is 87.0 Å². The third kappa shape index (κ3) is 3.05. The fourth-order valence-electron chi connectivity index (χ4n) is 5.77. The SMILES string of the molecule is CC(=O)c1ccc(OC(=O)CC23CC4CC(CC(Br)(C4)C2)C3)cc1. The zero-order chi connectivity index (χ0) is 16.9. The summed E-state index contributed by atoms with van der Waals surface area (Å²) in [6.07, 6.45) is 7.86. The molecular weight excluding hydrogens is 368 g/mol. The van der Waals surface area contributed by atoms with Gasteiger partial charge in [-0.15, -0.1) is 0 Å². The zero-order valence-electron chi connectivity index (χ0n) is 14.0. The molecule has 1 aromatic rings. The third-order valence-corrected chi connectivity index (χ3v) is 7.05. The highest BCUT2D eigenvalue weighted by molar-refractivity contribution is 9.10. The van der Waals surface area contributed by atoms with E-state index < -0.39 is 0 Å². The second-order valence-electron chi connectivity index (χ2n) is 8.34. The molecule has 0 aromatic heterocycles. The van der Waals surface area contributed by atoms with E-state index in [1.165, 1.54) is 39.0 Å². The van der Waals surface area contributed by atoms with E-state index in [1.54, 1.807) is 24.3 Å². The Morgan fingerprint density at radius 2 is 1.75 bits per heavy atom. The van der Waals surface area contributed by atoms with Crippen LogP contribution in [-0.4, -0.2) is 16.1 Å². The van der Waals surface area contributed by atoms with Crippen LogP contribution < -0.4 is 4.74 Å². The fraction of sp³-hybridized carbons (Fsp3) is 0.600. The smallest absolute Gasteiger partial charge is 0.311 e. The number of Topliss-reactive ketones (excluding diaryl/α,β-unsaturated/α-hetero) is 1. The van der Waals surface area contributed by atoms with Crippen molar-refractivity contribution in [3.8, 4) is 5.75 Å². The average molecular weight is 391 g/mol. The number of carbonyl (C=O) groups excluding carboxylic acids is 2. The first-order valence-electron chi connectivity index (χ1n) is 8.85. The first-order valence-corrected chi connectivity index (χ1v) is 9.65. The molecule has 2 unspecified atom stereocenters. The maximum Gasteiger partial charge on any atom is 0.311 e. The molecule has 2 atom stereocenters. The van der Waals surface area contributed by atoms with Gasteiger partial charge in [-0.3, -0.25) is 9.59 Å². The van der Waals surface area contributed by atoms with Crippen LogP contribution in [0.5, 0.6) is 5.75 Å². The summed E-state index contributed by atoms with van der Waals surface area (Å²) in [7, 11) is 0. The van der Waals surface area contributed by atoms with Crippen molar-refractivity contribution in [1.29, 1.82) is 0 Å². The lowest BCUT2D eigenvalue weighted by atomic mass is 9.49. The van der Waals surface area contributed by atoms with E-state index in [0.717, 1.165) is 18.3 Å². The molecule has 4 heteroatoms. The van der Waals surface area contributed by atoms with Crippen LogP contribution in [-0.2, 0) is 4.79 Å². The molecule has 0 amide bonds. The van der Waals surface area contributed by atoms with Crippen LogP contribution in [0.1, 0.15) is 62.2 Å². The van der Waals surface area contributed by atoms with Crippen molar-refractivity contribution in [1.82, 2.24) is 0 Å². The standard InChI is InChI=1S/C20H23BrO3/c1-13(22)16-2-4-17(5-3-16)24-18(23)11-19-7-14-6-15(8-19)10-20(21,9-14)12-19/h2-5,14-15H,6-12H2,1H3. The van der Waals surface area contributed by atoms with Gasteiger partial charge in [0.25, 0.3) is 0 Å². The zero-order valence-corrected chi connectivity index (χ0v) is 15.6. The van der Waals surface area contributed by atoms with E-state index in [9.17, 15) is 9.59 Å². The third-order valence-electron chi connectivity index (χ3n) is 6.12. The number of ketones is 1. The first kappa shape index (κ1) is 16.3. The van der Waals surface area contributed by atoms with E-state index in [4.69, 9.17) is 4.74 Å². The lowest BCUT2D eigenvalue weighted by Crippen LogP contribution is -2.53. The van der Waals surface area contributed by atoms with Gasteiger partial charge in [0.05, 0.1) is 6.42 Å². The Labute approximate surface area is 151 Å². The molecule has 0 radical (unpaired) electrons. The lowest BCUT2D eigenvalue weighted by Gasteiger charge is -2.60. The molecule has 0 spiro atoms. The molecular formula is C20H23BrO3. The van der Waals surface area contributed by atoms with Crippen LogP contribution in [0.3, 0.4) is 0 Å². The van der Waals surface area contributed by atoms with Gasteiger partial charge < -0.3 is 4.74 Å². The van der Waals surface area contributed by atoms with Gasteiger partial charge >= 0.3 is 5.97 Å². The summed E-state index contributed by atoms with van der Waals surface area (Å²) in [6, 6.07) is 6.84. The maximum absolute atomic E-state index is 12.5. The number of alkyl halides is 1. The predicted octanol–water partition coefficient (Wildman–Crippen LogP) is 4.92. The van der Waals surface area contributed by atoms with Crippen molar-refractivity contribution in [3.63, 3.8) is 0 Å². The van der Waals surface area contributed by atoms with Crippen molar-refractivity contribution in [3.05, 3.63) is 29.8 Å². The minimum absolute atomic E-state index is 0.0177. The minimum Gasteiger partial charge on any atom is -0.427 e. The molecule has 1 aromatic carbocycles.